The molecule has 21 heavy (non-hydrogen) atoms. The maximum absolute atomic E-state index is 10.9. The van der Waals surface area contributed by atoms with Crippen molar-refractivity contribution in [1.29, 1.82) is 0 Å². The molecular weight excluding hydrogens is 270 g/mol. The van der Waals surface area contributed by atoms with Gasteiger partial charge in [0.1, 0.15) is 0 Å². The van der Waals surface area contributed by atoms with E-state index in [0.717, 1.165) is 11.0 Å². The Morgan fingerprint density at radius 1 is 1.19 bits per heavy atom. The van der Waals surface area contributed by atoms with Gasteiger partial charge in [0.2, 0.25) is 5.95 Å². The van der Waals surface area contributed by atoms with E-state index in [1.54, 1.807) is 18.2 Å². The number of hydrazone groups is 1. The van der Waals surface area contributed by atoms with E-state index in [2.05, 4.69) is 20.5 Å². The van der Waals surface area contributed by atoms with Crippen molar-refractivity contribution in [2.45, 2.75) is 0 Å². The van der Waals surface area contributed by atoms with Gasteiger partial charge >= 0.3 is 0 Å². The van der Waals surface area contributed by atoms with Gasteiger partial charge in [-0.3, -0.25) is 10.1 Å². The van der Waals surface area contributed by atoms with E-state index in [9.17, 15) is 10.1 Å². The highest BCUT2D eigenvalue weighted by atomic mass is 16.6. The van der Waals surface area contributed by atoms with Crippen LogP contribution in [0.5, 0.6) is 0 Å². The number of H-pyrrole nitrogens is 1. The average Bonchev–Trinajstić information content (AvgIpc) is 2.90. The van der Waals surface area contributed by atoms with E-state index in [0.29, 0.717) is 11.5 Å². The molecule has 0 fully saturated rings. The molecule has 0 saturated heterocycles. The van der Waals surface area contributed by atoms with Gasteiger partial charge in [0, 0.05) is 6.07 Å². The second-order valence-corrected chi connectivity index (χ2v) is 4.29. The van der Waals surface area contributed by atoms with E-state index in [-0.39, 0.29) is 5.69 Å². The molecule has 1 heterocycles. The topological polar surface area (TPSA) is 96.2 Å². The van der Waals surface area contributed by atoms with Crippen molar-refractivity contribution in [3.63, 3.8) is 0 Å². The predicted octanol–water partition coefficient (Wildman–Crippen LogP) is 2.92. The number of hydrogen-bond donors (Lipinski definition) is 2. The Morgan fingerprint density at radius 2 is 1.95 bits per heavy atom. The molecule has 3 aromatic rings. The minimum atomic E-state index is -0.442. The number of hydrogen-bond acceptors (Lipinski definition) is 5. The molecule has 3 rings (SSSR count). The lowest BCUT2D eigenvalue weighted by molar-refractivity contribution is -0.385. The van der Waals surface area contributed by atoms with Crippen molar-refractivity contribution in [2.75, 3.05) is 5.43 Å². The molecule has 2 aromatic carbocycles. The molecule has 0 atom stereocenters. The van der Waals surface area contributed by atoms with Gasteiger partial charge in [0.25, 0.3) is 5.69 Å². The fourth-order valence-electron chi connectivity index (χ4n) is 1.93. The highest BCUT2D eigenvalue weighted by Gasteiger charge is 2.09. The van der Waals surface area contributed by atoms with Crippen LogP contribution in [0.25, 0.3) is 11.0 Å². The molecule has 1 aromatic heterocycles. The monoisotopic (exact) mass is 281 g/mol. The summed E-state index contributed by atoms with van der Waals surface area (Å²) in [5, 5.41) is 14.9. The summed E-state index contributed by atoms with van der Waals surface area (Å²) in [6.07, 6.45) is 1.39. The molecule has 0 amide bonds. The van der Waals surface area contributed by atoms with Gasteiger partial charge in [-0.05, 0) is 18.2 Å². The van der Waals surface area contributed by atoms with E-state index in [4.69, 9.17) is 0 Å². The minimum absolute atomic E-state index is 0.00709. The second kappa shape index (κ2) is 5.41. The predicted molar refractivity (Wildman–Crippen MR) is 80.4 cm³/mol. The molecule has 0 saturated carbocycles. The van der Waals surface area contributed by atoms with Crippen molar-refractivity contribution < 1.29 is 4.92 Å². The van der Waals surface area contributed by atoms with Crippen molar-refractivity contribution in [3.05, 3.63) is 64.2 Å². The number of para-hydroxylation sites is 3. The van der Waals surface area contributed by atoms with Crippen LogP contribution in [0, 0.1) is 10.1 Å². The molecule has 7 nitrogen and oxygen atoms in total. The lowest BCUT2D eigenvalue weighted by Crippen LogP contribution is -1.96. The highest BCUT2D eigenvalue weighted by molar-refractivity contribution is 5.85. The van der Waals surface area contributed by atoms with Crippen LogP contribution in [-0.2, 0) is 0 Å². The van der Waals surface area contributed by atoms with E-state index < -0.39 is 4.92 Å². The first-order valence-corrected chi connectivity index (χ1v) is 6.21. The molecule has 0 aliphatic rings. The normalized spacial score (nSPS) is 11.0. The molecule has 0 unspecified atom stereocenters. The number of nitrogens with zero attached hydrogens (tertiary/aromatic N) is 3. The van der Waals surface area contributed by atoms with Gasteiger partial charge in [-0.1, -0.05) is 24.3 Å². The first-order chi connectivity index (χ1) is 10.2. The summed E-state index contributed by atoms with van der Waals surface area (Å²) in [7, 11) is 0. The van der Waals surface area contributed by atoms with Crippen LogP contribution in [0.15, 0.2) is 53.6 Å². The zero-order chi connectivity index (χ0) is 14.7. The van der Waals surface area contributed by atoms with Gasteiger partial charge in [-0.25, -0.2) is 10.4 Å². The van der Waals surface area contributed by atoms with Crippen molar-refractivity contribution in [1.82, 2.24) is 9.97 Å². The minimum Gasteiger partial charge on any atom is -0.323 e. The number of benzene rings is 2. The Kier molecular flexibility index (Phi) is 3.30. The van der Waals surface area contributed by atoms with Crippen molar-refractivity contribution in [2.24, 2.45) is 5.10 Å². The first kappa shape index (κ1) is 12.8. The van der Waals surface area contributed by atoms with Crippen LogP contribution in [0.1, 0.15) is 5.56 Å². The van der Waals surface area contributed by atoms with Crippen molar-refractivity contribution >= 4 is 28.9 Å². The molecule has 0 radical (unpaired) electrons. The first-order valence-electron chi connectivity index (χ1n) is 6.21. The van der Waals surface area contributed by atoms with Crippen LogP contribution < -0.4 is 5.43 Å². The van der Waals surface area contributed by atoms with Gasteiger partial charge in [0.05, 0.1) is 27.7 Å². The second-order valence-electron chi connectivity index (χ2n) is 4.29. The Labute approximate surface area is 119 Å². The third-order valence-corrected chi connectivity index (χ3v) is 2.90. The Morgan fingerprint density at radius 3 is 2.76 bits per heavy atom. The van der Waals surface area contributed by atoms with Crippen LogP contribution in [-0.4, -0.2) is 21.1 Å². The van der Waals surface area contributed by atoms with Crippen molar-refractivity contribution in [3.8, 4) is 0 Å². The highest BCUT2D eigenvalue weighted by Crippen LogP contribution is 2.16. The maximum atomic E-state index is 10.9. The summed E-state index contributed by atoms with van der Waals surface area (Å²) in [6, 6.07) is 14.0. The number of aromatic nitrogens is 2. The zero-order valence-electron chi connectivity index (χ0n) is 10.9. The number of aromatic amines is 1. The van der Waals surface area contributed by atoms with E-state index in [1.165, 1.54) is 12.3 Å². The van der Waals surface area contributed by atoms with Gasteiger partial charge in [-0.15, -0.1) is 0 Å². The number of imidazole rings is 1. The van der Waals surface area contributed by atoms with Gasteiger partial charge in [0.15, 0.2) is 0 Å². The average molecular weight is 281 g/mol. The summed E-state index contributed by atoms with van der Waals surface area (Å²) in [5.74, 6) is 0.478. The van der Waals surface area contributed by atoms with Crippen LogP contribution >= 0.6 is 0 Å². The number of nitrogens with one attached hydrogen (secondary N) is 2. The number of rotatable bonds is 4. The molecular formula is C14H11N5O2. The Balaban J connectivity index is 1.79. The summed E-state index contributed by atoms with van der Waals surface area (Å²) in [6.45, 7) is 0. The number of nitro benzene ring substituents is 1. The number of nitro groups is 1. The zero-order valence-corrected chi connectivity index (χ0v) is 10.9. The molecule has 0 aliphatic carbocycles. The molecule has 0 spiro atoms. The maximum Gasteiger partial charge on any atom is 0.278 e. The summed E-state index contributed by atoms with van der Waals surface area (Å²) in [5.41, 5.74) is 4.87. The van der Waals surface area contributed by atoms with E-state index in [1.807, 2.05) is 24.3 Å². The molecule has 0 bridgehead atoms. The van der Waals surface area contributed by atoms with E-state index >= 15 is 0 Å². The molecule has 7 heteroatoms. The fraction of sp³-hybridized carbons (Fsp3) is 0. The van der Waals surface area contributed by atoms with Gasteiger partial charge < -0.3 is 4.98 Å². The summed E-state index contributed by atoms with van der Waals surface area (Å²) >= 11 is 0. The summed E-state index contributed by atoms with van der Waals surface area (Å²) in [4.78, 5) is 17.8. The Hall–Kier alpha value is -3.22. The van der Waals surface area contributed by atoms with Crippen LogP contribution in [0.2, 0.25) is 0 Å². The number of anilines is 1. The third kappa shape index (κ3) is 2.71. The molecule has 0 aliphatic heterocycles. The van der Waals surface area contributed by atoms with Crippen LogP contribution in [0.3, 0.4) is 0 Å². The quantitative estimate of drug-likeness (QED) is 0.436. The standard InChI is InChI=1S/C14H11N5O2/c20-19(21)13-8-4-1-5-10(13)9-15-18-14-16-11-6-2-3-7-12(11)17-14/h1-9H,(H2,16,17,18)/b15-9-. The summed E-state index contributed by atoms with van der Waals surface area (Å²) < 4.78 is 0. The SMILES string of the molecule is O=[N+]([O-])c1ccccc1/C=N\Nc1nc2ccccc2[nH]1. The fourth-order valence-corrected chi connectivity index (χ4v) is 1.93. The molecule has 2 N–H and O–H groups in total. The lowest BCUT2D eigenvalue weighted by Gasteiger charge is -1.96. The largest absolute Gasteiger partial charge is 0.323 e. The molecule has 104 valence electrons. The van der Waals surface area contributed by atoms with Crippen LogP contribution in [0.4, 0.5) is 11.6 Å². The van der Waals surface area contributed by atoms with Gasteiger partial charge in [-0.2, -0.15) is 5.10 Å². The Bertz CT molecular complexity index is 792. The lowest BCUT2D eigenvalue weighted by atomic mass is 10.2. The smallest absolute Gasteiger partial charge is 0.278 e. The third-order valence-electron chi connectivity index (χ3n) is 2.90. The number of fused-ring (bicyclic) bond motifs is 1.